The number of nitrogens with zero attached hydrogens (tertiary/aromatic N) is 4. The topological polar surface area (TPSA) is 97.3 Å². The fourth-order valence-electron chi connectivity index (χ4n) is 3.62. The van der Waals surface area contributed by atoms with Crippen LogP contribution in [0, 0.1) is 6.92 Å². The number of rotatable bonds is 4. The number of hydrogen-bond donors (Lipinski definition) is 1. The van der Waals surface area contributed by atoms with Crippen LogP contribution in [-0.4, -0.2) is 34.1 Å². The van der Waals surface area contributed by atoms with Crippen molar-refractivity contribution in [2.75, 3.05) is 23.3 Å². The zero-order valence-electron chi connectivity index (χ0n) is 15.9. The van der Waals surface area contributed by atoms with Gasteiger partial charge in [-0.15, -0.1) is 0 Å². The van der Waals surface area contributed by atoms with E-state index in [4.69, 9.17) is 8.94 Å². The third kappa shape index (κ3) is 3.22. The van der Waals surface area contributed by atoms with Crippen LogP contribution < -0.4 is 10.2 Å². The van der Waals surface area contributed by atoms with E-state index < -0.39 is 0 Å². The van der Waals surface area contributed by atoms with Crippen molar-refractivity contribution in [2.24, 2.45) is 0 Å². The molecule has 8 nitrogen and oxygen atoms in total. The Morgan fingerprint density at radius 1 is 1.21 bits per heavy atom. The number of aryl methyl sites for hydroxylation is 1. The Bertz CT molecular complexity index is 1160. The summed E-state index contributed by atoms with van der Waals surface area (Å²) in [6.07, 6.45) is 5.61. The molecule has 29 heavy (non-hydrogen) atoms. The summed E-state index contributed by atoms with van der Waals surface area (Å²) in [4.78, 5) is 24.2. The number of anilines is 2. The molecule has 0 saturated carbocycles. The van der Waals surface area contributed by atoms with E-state index in [9.17, 15) is 4.79 Å². The van der Waals surface area contributed by atoms with E-state index in [-0.39, 0.29) is 5.91 Å². The van der Waals surface area contributed by atoms with Crippen molar-refractivity contribution in [3.8, 4) is 11.5 Å². The van der Waals surface area contributed by atoms with Crippen LogP contribution in [0.4, 0.5) is 11.5 Å². The van der Waals surface area contributed by atoms with Gasteiger partial charge in [0, 0.05) is 13.1 Å². The van der Waals surface area contributed by atoms with E-state index >= 15 is 0 Å². The van der Waals surface area contributed by atoms with Gasteiger partial charge in [-0.25, -0.2) is 9.97 Å². The Kier molecular flexibility index (Phi) is 4.23. The van der Waals surface area contributed by atoms with E-state index in [1.165, 1.54) is 12.8 Å². The van der Waals surface area contributed by atoms with Gasteiger partial charge in [-0.05, 0) is 50.1 Å². The highest BCUT2D eigenvalue weighted by molar-refractivity contribution is 6.12. The normalized spacial score (nSPS) is 13.9. The van der Waals surface area contributed by atoms with Crippen molar-refractivity contribution < 1.29 is 13.7 Å². The van der Waals surface area contributed by atoms with Crippen LogP contribution >= 0.6 is 0 Å². The first-order valence-corrected chi connectivity index (χ1v) is 9.52. The summed E-state index contributed by atoms with van der Waals surface area (Å²) in [5.41, 5.74) is 2.45. The molecule has 0 atom stereocenters. The van der Waals surface area contributed by atoms with Gasteiger partial charge in [0.2, 0.25) is 0 Å². The Morgan fingerprint density at radius 2 is 2.07 bits per heavy atom. The lowest BCUT2D eigenvalue weighted by Crippen LogP contribution is -2.19. The molecule has 5 heterocycles. The second kappa shape index (κ2) is 7.05. The van der Waals surface area contributed by atoms with Crippen LogP contribution in [0.5, 0.6) is 0 Å². The third-order valence-corrected chi connectivity index (χ3v) is 5.07. The number of amides is 1. The Hall–Kier alpha value is -3.68. The molecule has 0 unspecified atom stereocenters. The van der Waals surface area contributed by atoms with Crippen LogP contribution in [0.15, 0.2) is 51.7 Å². The smallest absolute Gasteiger partial charge is 0.259 e. The average molecular weight is 389 g/mol. The molecule has 0 aromatic carbocycles. The first-order chi connectivity index (χ1) is 14.2. The Morgan fingerprint density at radius 3 is 2.79 bits per heavy atom. The van der Waals surface area contributed by atoms with Gasteiger partial charge < -0.3 is 19.2 Å². The summed E-state index contributed by atoms with van der Waals surface area (Å²) in [6, 6.07) is 9.03. The molecule has 5 rings (SSSR count). The fourth-order valence-corrected chi connectivity index (χ4v) is 3.62. The van der Waals surface area contributed by atoms with Gasteiger partial charge in [-0.3, -0.25) is 4.79 Å². The molecule has 0 spiro atoms. The van der Waals surface area contributed by atoms with E-state index in [0.717, 1.165) is 18.9 Å². The monoisotopic (exact) mass is 389 g/mol. The molecular formula is C21H19N5O3. The number of carbonyl (C=O) groups excluding carboxylic acids is 1. The lowest BCUT2D eigenvalue weighted by Gasteiger charge is -2.16. The summed E-state index contributed by atoms with van der Waals surface area (Å²) < 4.78 is 10.7. The molecule has 1 aliphatic rings. The summed E-state index contributed by atoms with van der Waals surface area (Å²) in [6.45, 7) is 3.83. The number of hydrogen-bond acceptors (Lipinski definition) is 7. The molecule has 1 saturated heterocycles. The second-order valence-electron chi connectivity index (χ2n) is 7.03. The molecule has 4 aromatic rings. The lowest BCUT2D eigenvalue weighted by atomic mass is 10.1. The zero-order valence-corrected chi connectivity index (χ0v) is 15.9. The van der Waals surface area contributed by atoms with Crippen LogP contribution in [0.3, 0.4) is 0 Å². The van der Waals surface area contributed by atoms with Gasteiger partial charge in [0.05, 0.1) is 34.8 Å². The maximum absolute atomic E-state index is 13.1. The quantitative estimate of drug-likeness (QED) is 0.562. The standard InChI is InChI=1S/C21H19N5O3/c1-13-19-15(11-16(17-5-4-10-28-17)24-21(19)29-25-13)20(27)23-14-6-7-18(22-12-14)26-8-2-3-9-26/h4-7,10-12H,2-3,8-9H2,1H3,(H,23,27). The van der Waals surface area contributed by atoms with Crippen molar-refractivity contribution in [3.63, 3.8) is 0 Å². The van der Waals surface area contributed by atoms with Crippen LogP contribution in [0.1, 0.15) is 28.9 Å². The molecule has 0 bridgehead atoms. The molecule has 4 aromatic heterocycles. The molecule has 8 heteroatoms. The van der Waals surface area contributed by atoms with Gasteiger partial charge >= 0.3 is 0 Å². The van der Waals surface area contributed by atoms with Crippen LogP contribution in [-0.2, 0) is 0 Å². The molecule has 1 fully saturated rings. The lowest BCUT2D eigenvalue weighted by molar-refractivity contribution is 0.102. The van der Waals surface area contributed by atoms with Crippen molar-refractivity contribution in [3.05, 3.63) is 54.0 Å². The van der Waals surface area contributed by atoms with E-state index in [1.807, 2.05) is 12.1 Å². The SMILES string of the molecule is Cc1noc2nc(-c3ccco3)cc(C(=O)Nc3ccc(N4CCCC4)nc3)c12. The van der Waals surface area contributed by atoms with Gasteiger partial charge in [0.15, 0.2) is 5.76 Å². The highest BCUT2D eigenvalue weighted by atomic mass is 16.5. The van der Waals surface area contributed by atoms with Crippen molar-refractivity contribution in [1.82, 2.24) is 15.1 Å². The maximum atomic E-state index is 13.1. The predicted octanol–water partition coefficient (Wildman–Crippen LogP) is 4.04. The fraction of sp³-hybridized carbons (Fsp3) is 0.238. The molecule has 1 aliphatic heterocycles. The zero-order chi connectivity index (χ0) is 19.8. The second-order valence-corrected chi connectivity index (χ2v) is 7.03. The minimum Gasteiger partial charge on any atom is -0.463 e. The van der Waals surface area contributed by atoms with Crippen LogP contribution in [0.2, 0.25) is 0 Å². The van der Waals surface area contributed by atoms with Gasteiger partial charge in [-0.1, -0.05) is 5.16 Å². The Balaban J connectivity index is 1.46. The largest absolute Gasteiger partial charge is 0.463 e. The molecule has 0 radical (unpaired) electrons. The number of pyridine rings is 2. The number of fused-ring (bicyclic) bond motifs is 1. The molecule has 1 amide bonds. The average Bonchev–Trinajstić information content (AvgIpc) is 3.50. The number of carbonyl (C=O) groups is 1. The summed E-state index contributed by atoms with van der Waals surface area (Å²) in [5.74, 6) is 1.20. The van der Waals surface area contributed by atoms with Crippen molar-refractivity contribution in [1.29, 1.82) is 0 Å². The highest BCUT2D eigenvalue weighted by Gasteiger charge is 2.20. The Labute approximate surface area is 166 Å². The summed E-state index contributed by atoms with van der Waals surface area (Å²) in [7, 11) is 0. The number of furan rings is 1. The summed E-state index contributed by atoms with van der Waals surface area (Å²) >= 11 is 0. The minimum absolute atomic E-state index is 0.285. The van der Waals surface area contributed by atoms with Gasteiger partial charge in [0.25, 0.3) is 11.6 Å². The summed E-state index contributed by atoms with van der Waals surface area (Å²) in [5, 5.41) is 7.45. The van der Waals surface area contributed by atoms with Crippen LogP contribution in [0.25, 0.3) is 22.6 Å². The molecule has 0 aliphatic carbocycles. The van der Waals surface area contributed by atoms with Gasteiger partial charge in [0.1, 0.15) is 11.5 Å². The van der Waals surface area contributed by atoms with Gasteiger partial charge in [-0.2, -0.15) is 0 Å². The van der Waals surface area contributed by atoms with E-state index in [1.54, 1.807) is 37.6 Å². The predicted molar refractivity (Wildman–Crippen MR) is 108 cm³/mol. The molecule has 146 valence electrons. The van der Waals surface area contributed by atoms with E-state index in [2.05, 4.69) is 25.3 Å². The highest BCUT2D eigenvalue weighted by Crippen LogP contribution is 2.28. The third-order valence-electron chi connectivity index (χ3n) is 5.07. The first-order valence-electron chi connectivity index (χ1n) is 9.52. The molecule has 1 N–H and O–H groups in total. The van der Waals surface area contributed by atoms with Crippen molar-refractivity contribution in [2.45, 2.75) is 19.8 Å². The first kappa shape index (κ1) is 17.4. The van der Waals surface area contributed by atoms with E-state index in [0.29, 0.717) is 39.5 Å². The van der Waals surface area contributed by atoms with Crippen molar-refractivity contribution >= 4 is 28.5 Å². The number of aromatic nitrogens is 3. The molecular weight excluding hydrogens is 370 g/mol. The minimum atomic E-state index is -0.285. The number of nitrogens with one attached hydrogen (secondary N) is 1. The maximum Gasteiger partial charge on any atom is 0.259 e.